The van der Waals surface area contributed by atoms with Gasteiger partial charge in [-0.15, -0.1) is 0 Å². The van der Waals surface area contributed by atoms with E-state index in [0.29, 0.717) is 5.69 Å². The number of carbonyl (C=O) groups is 2. The molecule has 0 amide bonds. The maximum atomic E-state index is 10.9. The number of carbonyl (C=O) groups excluding carboxylic acids is 2. The quantitative estimate of drug-likeness (QED) is 0.566. The van der Waals surface area contributed by atoms with Crippen LogP contribution in [0.4, 0.5) is 0 Å². The van der Waals surface area contributed by atoms with E-state index < -0.39 is 12.0 Å². The van der Waals surface area contributed by atoms with Crippen molar-refractivity contribution in [1.29, 1.82) is 0 Å². The van der Waals surface area contributed by atoms with Crippen molar-refractivity contribution < 1.29 is 19.5 Å². The Hall–Kier alpha value is -2.27. The van der Waals surface area contributed by atoms with Crippen LogP contribution in [0.1, 0.15) is 17.4 Å². The first-order valence-electron chi connectivity index (χ1n) is 4.38. The molecule has 0 aromatic carbocycles. The number of rotatable bonds is 4. The second-order valence-corrected chi connectivity index (χ2v) is 3.07. The van der Waals surface area contributed by atoms with E-state index in [0.717, 1.165) is 0 Å². The van der Waals surface area contributed by atoms with Gasteiger partial charge in [0, 0.05) is 19.5 Å². The Morgan fingerprint density at radius 3 is 2.81 bits per heavy atom. The molecule has 7 nitrogen and oxygen atoms in total. The summed E-state index contributed by atoms with van der Waals surface area (Å²) < 4.78 is 1.22. The summed E-state index contributed by atoms with van der Waals surface area (Å²) in [5.41, 5.74) is 0.376. The fourth-order valence-corrected chi connectivity index (χ4v) is 1.09. The highest BCUT2D eigenvalue weighted by Crippen LogP contribution is 2.04. The predicted molar refractivity (Wildman–Crippen MR) is 51.8 cm³/mol. The van der Waals surface area contributed by atoms with Crippen molar-refractivity contribution in [3.8, 4) is 0 Å². The van der Waals surface area contributed by atoms with Crippen molar-refractivity contribution in [3.05, 3.63) is 18.2 Å². The summed E-state index contributed by atoms with van der Waals surface area (Å²) in [5.74, 6) is -1.47. The van der Waals surface area contributed by atoms with Gasteiger partial charge in [-0.3, -0.25) is 9.36 Å². The van der Waals surface area contributed by atoms with E-state index in [1.54, 1.807) is 0 Å². The Labute approximate surface area is 90.4 Å². The Balaban J connectivity index is 2.81. The molecule has 16 heavy (non-hydrogen) atoms. The van der Waals surface area contributed by atoms with E-state index in [2.05, 4.69) is 9.98 Å². The molecule has 7 heteroatoms. The van der Waals surface area contributed by atoms with Crippen LogP contribution in [0, 0.1) is 0 Å². The summed E-state index contributed by atoms with van der Waals surface area (Å²) in [6, 6.07) is -1.21. The first-order valence-corrected chi connectivity index (χ1v) is 4.38. The van der Waals surface area contributed by atoms with E-state index in [4.69, 9.17) is 5.11 Å². The number of carboxylic acid groups (broad SMARTS) is 1. The largest absolute Gasteiger partial charge is 0.480 e. The second-order valence-electron chi connectivity index (χ2n) is 3.07. The van der Waals surface area contributed by atoms with Gasteiger partial charge in [0.1, 0.15) is 6.33 Å². The highest BCUT2D eigenvalue weighted by atomic mass is 16.4. The third kappa shape index (κ3) is 2.86. The molecule has 0 fully saturated rings. The normalized spacial score (nSPS) is 11.6. The zero-order valence-corrected chi connectivity index (χ0v) is 8.45. The molecule has 0 aliphatic carbocycles. The van der Waals surface area contributed by atoms with Gasteiger partial charge in [-0.1, -0.05) is 0 Å². The molecule has 1 unspecified atom stereocenters. The minimum absolute atomic E-state index is 0.0507. The number of nitrogens with zero attached hydrogens (tertiary/aromatic N) is 3. The van der Waals surface area contributed by atoms with Crippen molar-refractivity contribution in [1.82, 2.24) is 9.55 Å². The topological polar surface area (TPSA) is 102 Å². The van der Waals surface area contributed by atoms with Crippen molar-refractivity contribution in [2.45, 2.75) is 19.4 Å². The Morgan fingerprint density at radius 2 is 2.38 bits per heavy atom. The summed E-state index contributed by atoms with van der Waals surface area (Å²) >= 11 is 0. The summed E-state index contributed by atoms with van der Waals surface area (Å²) in [4.78, 5) is 38.5. The average molecular weight is 223 g/mol. The zero-order valence-electron chi connectivity index (χ0n) is 8.45. The number of isocyanates is 1. The first kappa shape index (κ1) is 11.8. The van der Waals surface area contributed by atoms with Gasteiger partial charge in [0.15, 0.2) is 6.04 Å². The SMILES string of the molecule is CC(=O)n1cnc(CC(N=C=O)C(=O)O)c1. The number of aromatic nitrogens is 2. The molecule has 1 aromatic rings. The van der Waals surface area contributed by atoms with E-state index in [-0.39, 0.29) is 12.3 Å². The summed E-state index contributed by atoms with van der Waals surface area (Å²) in [5, 5.41) is 8.71. The van der Waals surface area contributed by atoms with Crippen LogP contribution >= 0.6 is 0 Å². The van der Waals surface area contributed by atoms with E-state index in [1.165, 1.54) is 30.1 Å². The molecule has 1 rings (SSSR count). The van der Waals surface area contributed by atoms with Gasteiger partial charge >= 0.3 is 5.97 Å². The lowest BCUT2D eigenvalue weighted by molar-refractivity contribution is -0.138. The monoisotopic (exact) mass is 223 g/mol. The molecule has 0 radical (unpaired) electrons. The Bertz CT molecular complexity index is 457. The molecule has 1 heterocycles. The standard InChI is InChI=1S/C9H9N3O4/c1-6(14)12-3-7(10-4-12)2-8(9(15)16)11-5-13/h3-4,8H,2H2,1H3,(H,15,16). The summed E-state index contributed by atoms with van der Waals surface area (Å²) in [6.07, 6.45) is 3.82. The fourth-order valence-electron chi connectivity index (χ4n) is 1.09. The van der Waals surface area contributed by atoms with Crippen molar-refractivity contribution in [2.75, 3.05) is 0 Å². The van der Waals surface area contributed by atoms with Crippen LogP contribution in [-0.4, -0.2) is 38.7 Å². The zero-order chi connectivity index (χ0) is 12.1. The van der Waals surface area contributed by atoms with Crippen LogP contribution in [-0.2, 0) is 16.0 Å². The molecule has 0 saturated carbocycles. The van der Waals surface area contributed by atoms with Crippen LogP contribution in [0.15, 0.2) is 17.5 Å². The molecule has 1 atom stereocenters. The van der Waals surface area contributed by atoms with Gasteiger partial charge in [-0.05, 0) is 0 Å². The molecule has 0 aliphatic rings. The van der Waals surface area contributed by atoms with Gasteiger partial charge in [-0.25, -0.2) is 14.6 Å². The van der Waals surface area contributed by atoms with Crippen molar-refractivity contribution >= 4 is 18.0 Å². The highest BCUT2D eigenvalue weighted by Gasteiger charge is 2.18. The summed E-state index contributed by atoms with van der Waals surface area (Å²) in [7, 11) is 0. The van der Waals surface area contributed by atoms with Crippen LogP contribution in [0.2, 0.25) is 0 Å². The molecule has 1 N–H and O–H groups in total. The van der Waals surface area contributed by atoms with Gasteiger partial charge in [0.05, 0.1) is 5.69 Å². The Kier molecular flexibility index (Phi) is 3.68. The third-order valence-electron chi connectivity index (χ3n) is 1.90. The third-order valence-corrected chi connectivity index (χ3v) is 1.90. The number of aliphatic carboxylic acids is 1. The lowest BCUT2D eigenvalue weighted by atomic mass is 10.2. The summed E-state index contributed by atoms with van der Waals surface area (Å²) in [6.45, 7) is 1.35. The highest BCUT2D eigenvalue weighted by molar-refractivity contribution is 5.76. The molecular weight excluding hydrogens is 214 g/mol. The average Bonchev–Trinajstić information content (AvgIpc) is 2.65. The van der Waals surface area contributed by atoms with E-state index in [9.17, 15) is 14.4 Å². The number of hydrogen-bond acceptors (Lipinski definition) is 5. The molecule has 0 bridgehead atoms. The molecular formula is C9H9N3O4. The van der Waals surface area contributed by atoms with Gasteiger partial charge in [-0.2, -0.15) is 4.99 Å². The van der Waals surface area contributed by atoms with Gasteiger partial charge in [0.25, 0.3) is 0 Å². The lowest BCUT2D eigenvalue weighted by Gasteiger charge is -2.01. The van der Waals surface area contributed by atoms with Crippen LogP contribution in [0.3, 0.4) is 0 Å². The maximum absolute atomic E-state index is 10.9. The minimum atomic E-state index is -1.24. The van der Waals surface area contributed by atoms with Crippen molar-refractivity contribution in [2.24, 2.45) is 4.99 Å². The van der Waals surface area contributed by atoms with Gasteiger partial charge in [0.2, 0.25) is 12.0 Å². The predicted octanol–water partition coefficient (Wildman–Crippen LogP) is -0.125. The minimum Gasteiger partial charge on any atom is -0.480 e. The van der Waals surface area contributed by atoms with Gasteiger partial charge < -0.3 is 5.11 Å². The lowest BCUT2D eigenvalue weighted by Crippen LogP contribution is -2.20. The fraction of sp³-hybridized carbons (Fsp3) is 0.333. The molecule has 1 aromatic heterocycles. The molecule has 0 spiro atoms. The number of carboxylic acids is 1. The van der Waals surface area contributed by atoms with Crippen LogP contribution in [0.25, 0.3) is 0 Å². The number of aliphatic imine (C=N–C) groups is 1. The molecule has 0 aliphatic heterocycles. The van der Waals surface area contributed by atoms with Crippen LogP contribution < -0.4 is 0 Å². The second kappa shape index (κ2) is 4.99. The van der Waals surface area contributed by atoms with E-state index in [1.807, 2.05) is 0 Å². The Morgan fingerprint density at radius 1 is 1.69 bits per heavy atom. The number of imidazole rings is 1. The van der Waals surface area contributed by atoms with Crippen LogP contribution in [0.5, 0.6) is 0 Å². The number of hydrogen-bond donors (Lipinski definition) is 1. The van der Waals surface area contributed by atoms with Crippen molar-refractivity contribution in [3.63, 3.8) is 0 Å². The van der Waals surface area contributed by atoms with E-state index >= 15 is 0 Å². The smallest absolute Gasteiger partial charge is 0.329 e. The molecule has 0 saturated heterocycles. The maximum Gasteiger partial charge on any atom is 0.329 e. The first-order chi connectivity index (χ1) is 7.54. The molecule has 84 valence electrons.